The molecule has 0 saturated carbocycles. The monoisotopic (exact) mass is 103 g/mol. The van der Waals surface area contributed by atoms with Crippen LogP contribution in [-0.2, 0) is 4.79 Å². The number of hydrazine groups is 2. The summed E-state index contributed by atoms with van der Waals surface area (Å²) in [7, 11) is 3.39. The Morgan fingerprint density at radius 2 is 2.29 bits per heavy atom. The van der Waals surface area contributed by atoms with Gasteiger partial charge in [0.05, 0.1) is 0 Å². The lowest BCUT2D eigenvalue weighted by Crippen LogP contribution is -2.41. The minimum absolute atomic E-state index is 0.594. The Bertz CT molecular complexity index is 56.1. The minimum Gasteiger partial charge on any atom is -0.278 e. The van der Waals surface area contributed by atoms with E-state index in [1.165, 1.54) is 5.12 Å². The summed E-state index contributed by atoms with van der Waals surface area (Å²) in [5.41, 5.74) is 4.99. The molecule has 0 aromatic heterocycles. The van der Waals surface area contributed by atoms with E-state index < -0.39 is 0 Å². The van der Waals surface area contributed by atoms with Crippen molar-refractivity contribution in [1.82, 2.24) is 16.0 Å². The van der Waals surface area contributed by atoms with E-state index in [0.717, 1.165) is 0 Å². The van der Waals surface area contributed by atoms with Gasteiger partial charge in [-0.1, -0.05) is 0 Å². The summed E-state index contributed by atoms with van der Waals surface area (Å²) in [6.07, 6.45) is 0.594. The first-order valence-electron chi connectivity index (χ1n) is 1.92. The molecule has 4 heteroatoms. The standard InChI is InChI=1S/C3H9N3O/c1-4-6(2)5-3-7/h3-4H,1-2H3,(H,5,7). The van der Waals surface area contributed by atoms with Crippen LogP contribution in [0.15, 0.2) is 0 Å². The van der Waals surface area contributed by atoms with E-state index in [4.69, 9.17) is 0 Å². The van der Waals surface area contributed by atoms with Crippen molar-refractivity contribution in [3.63, 3.8) is 0 Å². The van der Waals surface area contributed by atoms with Crippen molar-refractivity contribution in [2.24, 2.45) is 0 Å². The van der Waals surface area contributed by atoms with Gasteiger partial charge in [0.15, 0.2) is 0 Å². The number of hydrogen-bond acceptors (Lipinski definition) is 3. The molecule has 0 unspecified atom stereocenters. The number of carbonyl (C=O) groups is 1. The van der Waals surface area contributed by atoms with Crippen molar-refractivity contribution in [3.8, 4) is 0 Å². The van der Waals surface area contributed by atoms with Crippen LogP contribution in [0.25, 0.3) is 0 Å². The zero-order valence-corrected chi connectivity index (χ0v) is 4.43. The summed E-state index contributed by atoms with van der Waals surface area (Å²) in [6.45, 7) is 0. The van der Waals surface area contributed by atoms with Gasteiger partial charge >= 0.3 is 0 Å². The normalized spacial score (nSPS) is 9.00. The summed E-state index contributed by atoms with van der Waals surface area (Å²) < 4.78 is 0. The molecule has 2 N–H and O–H groups in total. The van der Waals surface area contributed by atoms with Crippen LogP contribution in [0.1, 0.15) is 0 Å². The van der Waals surface area contributed by atoms with Crippen molar-refractivity contribution in [2.75, 3.05) is 14.1 Å². The van der Waals surface area contributed by atoms with Crippen LogP contribution >= 0.6 is 0 Å². The molecule has 0 saturated heterocycles. The fraction of sp³-hybridized carbons (Fsp3) is 0.667. The number of rotatable bonds is 3. The summed E-state index contributed by atoms with van der Waals surface area (Å²) >= 11 is 0. The van der Waals surface area contributed by atoms with Crippen LogP contribution in [0, 0.1) is 0 Å². The Kier molecular flexibility index (Phi) is 3.26. The molecule has 0 rings (SSSR count). The molecule has 1 amide bonds. The molecule has 0 fully saturated rings. The van der Waals surface area contributed by atoms with E-state index in [1.807, 2.05) is 0 Å². The first-order valence-corrected chi connectivity index (χ1v) is 1.92. The van der Waals surface area contributed by atoms with Gasteiger partial charge in [0.1, 0.15) is 0 Å². The largest absolute Gasteiger partial charge is 0.278 e. The van der Waals surface area contributed by atoms with E-state index in [2.05, 4.69) is 10.9 Å². The average Bonchev–Trinajstić information content (AvgIpc) is 1.68. The van der Waals surface area contributed by atoms with E-state index >= 15 is 0 Å². The third-order valence-electron chi connectivity index (χ3n) is 0.582. The molecule has 0 atom stereocenters. The highest BCUT2D eigenvalue weighted by atomic mass is 16.1. The molecule has 0 aliphatic rings. The van der Waals surface area contributed by atoms with Gasteiger partial charge in [0.25, 0.3) is 0 Å². The Morgan fingerprint density at radius 3 is 2.43 bits per heavy atom. The maximum atomic E-state index is 9.58. The highest BCUT2D eigenvalue weighted by molar-refractivity contribution is 5.44. The van der Waals surface area contributed by atoms with Gasteiger partial charge in [-0.25, -0.2) is 5.43 Å². The summed E-state index contributed by atoms with van der Waals surface area (Å²) in [6, 6.07) is 0. The number of hydrogen-bond donors (Lipinski definition) is 2. The number of carbonyl (C=O) groups excluding carboxylic acids is 1. The van der Waals surface area contributed by atoms with Crippen LogP contribution in [0.2, 0.25) is 0 Å². The van der Waals surface area contributed by atoms with E-state index in [0.29, 0.717) is 6.41 Å². The lowest BCUT2D eigenvalue weighted by molar-refractivity contribution is -0.114. The molecule has 0 aliphatic heterocycles. The molecule has 0 bridgehead atoms. The fourth-order valence-electron chi connectivity index (χ4n) is 0.144. The molecule has 0 aromatic rings. The fourth-order valence-corrected chi connectivity index (χ4v) is 0.144. The Labute approximate surface area is 42.4 Å². The lowest BCUT2D eigenvalue weighted by atomic mass is 11.2. The van der Waals surface area contributed by atoms with Crippen LogP contribution < -0.4 is 10.9 Å². The van der Waals surface area contributed by atoms with Crippen LogP contribution in [0.5, 0.6) is 0 Å². The van der Waals surface area contributed by atoms with Crippen LogP contribution in [0.3, 0.4) is 0 Å². The molecule has 42 valence electrons. The molecule has 0 aliphatic carbocycles. The van der Waals surface area contributed by atoms with Gasteiger partial charge in [-0.05, 0) is 0 Å². The minimum atomic E-state index is 0.594. The predicted molar refractivity (Wildman–Crippen MR) is 26.0 cm³/mol. The molecule has 0 spiro atoms. The predicted octanol–water partition coefficient (Wildman–Crippen LogP) is -1.29. The van der Waals surface area contributed by atoms with Gasteiger partial charge in [0, 0.05) is 14.1 Å². The van der Waals surface area contributed by atoms with E-state index in [-0.39, 0.29) is 0 Å². The second-order valence-electron chi connectivity index (χ2n) is 1.03. The van der Waals surface area contributed by atoms with E-state index in [9.17, 15) is 4.79 Å². The SMILES string of the molecule is CNN(C)NC=O. The quantitative estimate of drug-likeness (QED) is 0.345. The molecule has 7 heavy (non-hydrogen) atoms. The maximum absolute atomic E-state index is 9.58. The molecule has 0 aromatic carbocycles. The van der Waals surface area contributed by atoms with Gasteiger partial charge < -0.3 is 0 Å². The van der Waals surface area contributed by atoms with Crippen LogP contribution in [-0.4, -0.2) is 25.6 Å². The summed E-state index contributed by atoms with van der Waals surface area (Å²) in [4.78, 5) is 9.58. The first-order chi connectivity index (χ1) is 3.31. The highest BCUT2D eigenvalue weighted by Crippen LogP contribution is 1.52. The van der Waals surface area contributed by atoms with Crippen molar-refractivity contribution in [3.05, 3.63) is 0 Å². The third-order valence-corrected chi connectivity index (χ3v) is 0.582. The zero-order chi connectivity index (χ0) is 5.70. The molecule has 0 heterocycles. The van der Waals surface area contributed by atoms with Crippen LogP contribution in [0.4, 0.5) is 0 Å². The number of amides is 1. The van der Waals surface area contributed by atoms with Gasteiger partial charge in [-0.15, -0.1) is 0 Å². The molecule has 4 nitrogen and oxygen atoms in total. The Balaban J connectivity index is 2.98. The summed E-state index contributed by atoms with van der Waals surface area (Å²) in [5, 5.41) is 1.44. The lowest BCUT2D eigenvalue weighted by Gasteiger charge is -2.10. The van der Waals surface area contributed by atoms with Gasteiger partial charge in [-0.3, -0.25) is 10.2 Å². The molecular formula is C3H9N3O. The van der Waals surface area contributed by atoms with E-state index in [1.54, 1.807) is 14.1 Å². The maximum Gasteiger partial charge on any atom is 0.222 e. The second kappa shape index (κ2) is 3.58. The zero-order valence-electron chi connectivity index (χ0n) is 4.43. The first kappa shape index (κ1) is 6.39. The molecule has 0 radical (unpaired) electrons. The van der Waals surface area contributed by atoms with Crippen molar-refractivity contribution in [2.45, 2.75) is 0 Å². The molecular weight excluding hydrogens is 94.1 g/mol. The highest BCUT2D eigenvalue weighted by Gasteiger charge is 1.81. The topological polar surface area (TPSA) is 44.4 Å². The van der Waals surface area contributed by atoms with Crippen molar-refractivity contribution >= 4 is 6.41 Å². The van der Waals surface area contributed by atoms with Crippen molar-refractivity contribution < 1.29 is 4.79 Å². The smallest absolute Gasteiger partial charge is 0.222 e. The number of nitrogens with one attached hydrogen (secondary N) is 2. The van der Waals surface area contributed by atoms with Crippen molar-refractivity contribution in [1.29, 1.82) is 0 Å². The Morgan fingerprint density at radius 1 is 1.71 bits per heavy atom. The number of nitrogens with zero attached hydrogens (tertiary/aromatic N) is 1. The van der Waals surface area contributed by atoms with Gasteiger partial charge in [0.2, 0.25) is 6.41 Å². The summed E-state index contributed by atoms with van der Waals surface area (Å²) in [5.74, 6) is 0. The second-order valence-corrected chi connectivity index (χ2v) is 1.03. The Hall–Kier alpha value is -0.610. The average molecular weight is 103 g/mol. The van der Waals surface area contributed by atoms with Gasteiger partial charge in [-0.2, -0.15) is 5.12 Å². The third kappa shape index (κ3) is 3.21.